The summed E-state index contributed by atoms with van der Waals surface area (Å²) in [5.41, 5.74) is 5.77. The number of nitrogens with zero attached hydrogens (tertiary/aromatic N) is 2. The van der Waals surface area contributed by atoms with E-state index in [0.717, 1.165) is 0 Å². The van der Waals surface area contributed by atoms with Crippen molar-refractivity contribution >= 4 is 6.09 Å². The highest BCUT2D eigenvalue weighted by molar-refractivity contribution is 5.64. The van der Waals surface area contributed by atoms with Crippen LogP contribution in [0.1, 0.15) is 11.3 Å². The number of carbonyl (C=O) groups excluding carboxylic acids is 1. The molecule has 0 bridgehead atoms. The number of primary amides is 1. The van der Waals surface area contributed by atoms with E-state index in [4.69, 9.17) is 11.0 Å². The molecule has 13 heavy (non-hydrogen) atoms. The second-order valence-electron chi connectivity index (χ2n) is 2.26. The lowest BCUT2D eigenvalue weighted by molar-refractivity contribution is 0.149. The van der Waals surface area contributed by atoms with Crippen molar-refractivity contribution in [3.8, 4) is 6.07 Å². The van der Waals surface area contributed by atoms with E-state index in [0.29, 0.717) is 11.3 Å². The molecule has 1 aromatic heterocycles. The van der Waals surface area contributed by atoms with Crippen molar-refractivity contribution in [3.63, 3.8) is 0 Å². The SMILES string of the molecule is N#Cc1ccc(COC(N)=O)nc1. The molecular weight excluding hydrogens is 170 g/mol. The minimum absolute atomic E-state index is 0.0288. The fourth-order valence-electron chi connectivity index (χ4n) is 0.721. The van der Waals surface area contributed by atoms with Gasteiger partial charge in [-0.05, 0) is 12.1 Å². The molecule has 2 N–H and O–H groups in total. The number of hydrogen-bond acceptors (Lipinski definition) is 4. The van der Waals surface area contributed by atoms with E-state index in [9.17, 15) is 4.79 Å². The number of ether oxygens (including phenoxy) is 1. The van der Waals surface area contributed by atoms with Gasteiger partial charge < -0.3 is 10.5 Å². The van der Waals surface area contributed by atoms with E-state index in [1.54, 1.807) is 12.1 Å². The zero-order valence-electron chi connectivity index (χ0n) is 6.73. The zero-order chi connectivity index (χ0) is 9.68. The summed E-state index contributed by atoms with van der Waals surface area (Å²) in [5, 5.41) is 8.45. The second-order valence-corrected chi connectivity index (χ2v) is 2.26. The van der Waals surface area contributed by atoms with Crippen LogP contribution in [0, 0.1) is 11.3 Å². The fourth-order valence-corrected chi connectivity index (χ4v) is 0.721. The molecule has 0 fully saturated rings. The summed E-state index contributed by atoms with van der Waals surface area (Å²) < 4.78 is 4.49. The van der Waals surface area contributed by atoms with Crippen molar-refractivity contribution in [2.24, 2.45) is 5.73 Å². The van der Waals surface area contributed by atoms with Gasteiger partial charge in [0, 0.05) is 6.20 Å². The maximum absolute atomic E-state index is 10.2. The summed E-state index contributed by atoms with van der Waals surface area (Å²) in [6, 6.07) is 5.11. The highest BCUT2D eigenvalue weighted by Crippen LogP contribution is 1.99. The minimum atomic E-state index is -0.842. The molecule has 66 valence electrons. The summed E-state index contributed by atoms with van der Waals surface area (Å²) in [6.45, 7) is 0.0288. The molecule has 1 rings (SSSR count). The average Bonchev–Trinajstić information content (AvgIpc) is 2.15. The van der Waals surface area contributed by atoms with Crippen LogP contribution < -0.4 is 5.73 Å². The average molecular weight is 177 g/mol. The zero-order valence-corrected chi connectivity index (χ0v) is 6.73. The van der Waals surface area contributed by atoms with Gasteiger partial charge in [0.05, 0.1) is 11.3 Å². The van der Waals surface area contributed by atoms with Crippen molar-refractivity contribution < 1.29 is 9.53 Å². The van der Waals surface area contributed by atoms with E-state index >= 15 is 0 Å². The van der Waals surface area contributed by atoms with Gasteiger partial charge in [0.1, 0.15) is 12.7 Å². The highest BCUT2D eigenvalue weighted by Gasteiger charge is 1.98. The molecule has 1 amide bonds. The van der Waals surface area contributed by atoms with Crippen LogP contribution in [-0.4, -0.2) is 11.1 Å². The molecule has 0 radical (unpaired) electrons. The van der Waals surface area contributed by atoms with Crippen LogP contribution in [0.15, 0.2) is 18.3 Å². The fraction of sp³-hybridized carbons (Fsp3) is 0.125. The van der Waals surface area contributed by atoms with Crippen molar-refractivity contribution in [1.82, 2.24) is 4.98 Å². The van der Waals surface area contributed by atoms with Crippen LogP contribution in [0.5, 0.6) is 0 Å². The van der Waals surface area contributed by atoms with E-state index in [1.165, 1.54) is 6.20 Å². The van der Waals surface area contributed by atoms with E-state index in [-0.39, 0.29) is 6.61 Å². The van der Waals surface area contributed by atoms with Gasteiger partial charge in [-0.2, -0.15) is 5.26 Å². The van der Waals surface area contributed by atoms with Gasteiger partial charge in [-0.15, -0.1) is 0 Å². The summed E-state index contributed by atoms with van der Waals surface area (Å²) in [7, 11) is 0. The Bertz CT molecular complexity index is 339. The summed E-state index contributed by atoms with van der Waals surface area (Å²) >= 11 is 0. The number of rotatable bonds is 2. The Hall–Kier alpha value is -2.09. The van der Waals surface area contributed by atoms with Gasteiger partial charge in [-0.3, -0.25) is 4.98 Å². The van der Waals surface area contributed by atoms with Gasteiger partial charge in [0.15, 0.2) is 0 Å². The van der Waals surface area contributed by atoms with Crippen molar-refractivity contribution in [1.29, 1.82) is 5.26 Å². The monoisotopic (exact) mass is 177 g/mol. The van der Waals surface area contributed by atoms with E-state index in [2.05, 4.69) is 9.72 Å². The van der Waals surface area contributed by atoms with E-state index in [1.807, 2.05) is 6.07 Å². The molecule has 0 unspecified atom stereocenters. The third kappa shape index (κ3) is 2.79. The summed E-state index contributed by atoms with van der Waals surface area (Å²) in [5.74, 6) is 0. The van der Waals surface area contributed by atoms with Crippen molar-refractivity contribution in [3.05, 3.63) is 29.6 Å². The molecular formula is C8H7N3O2. The molecule has 0 aromatic carbocycles. The lowest BCUT2D eigenvalue weighted by Gasteiger charge is -1.99. The molecule has 0 aliphatic rings. The first-order valence-electron chi connectivity index (χ1n) is 3.49. The van der Waals surface area contributed by atoms with Crippen LogP contribution >= 0.6 is 0 Å². The third-order valence-electron chi connectivity index (χ3n) is 1.32. The molecule has 1 aromatic rings. The number of hydrogen-bond donors (Lipinski definition) is 1. The third-order valence-corrected chi connectivity index (χ3v) is 1.32. The van der Waals surface area contributed by atoms with Crippen LogP contribution in [0.25, 0.3) is 0 Å². The highest BCUT2D eigenvalue weighted by atomic mass is 16.5. The normalized spacial score (nSPS) is 8.85. The molecule has 1 heterocycles. The van der Waals surface area contributed by atoms with Crippen LogP contribution in [0.3, 0.4) is 0 Å². The molecule has 0 saturated carbocycles. The number of pyridine rings is 1. The lowest BCUT2D eigenvalue weighted by atomic mass is 10.3. The Morgan fingerprint density at radius 1 is 1.69 bits per heavy atom. The summed E-state index contributed by atoms with van der Waals surface area (Å²) in [6.07, 6.45) is 0.561. The van der Waals surface area contributed by atoms with Crippen molar-refractivity contribution in [2.45, 2.75) is 6.61 Å². The number of carbonyl (C=O) groups is 1. The first-order valence-corrected chi connectivity index (χ1v) is 3.49. The Morgan fingerprint density at radius 2 is 2.46 bits per heavy atom. The quantitative estimate of drug-likeness (QED) is 0.714. The molecule has 0 aliphatic carbocycles. The predicted molar refractivity (Wildman–Crippen MR) is 43.3 cm³/mol. The smallest absolute Gasteiger partial charge is 0.404 e. The topological polar surface area (TPSA) is 89.0 Å². The Morgan fingerprint density at radius 3 is 2.92 bits per heavy atom. The van der Waals surface area contributed by atoms with Crippen molar-refractivity contribution in [2.75, 3.05) is 0 Å². The van der Waals surface area contributed by atoms with Gasteiger partial charge >= 0.3 is 6.09 Å². The number of nitriles is 1. The maximum atomic E-state index is 10.2. The van der Waals surface area contributed by atoms with Gasteiger partial charge in [0.25, 0.3) is 0 Å². The van der Waals surface area contributed by atoms with Gasteiger partial charge in [0.2, 0.25) is 0 Å². The lowest BCUT2D eigenvalue weighted by Crippen LogP contribution is -2.13. The maximum Gasteiger partial charge on any atom is 0.404 e. The Labute approximate surface area is 74.8 Å². The molecule has 0 atom stereocenters. The first kappa shape index (κ1) is 9.00. The van der Waals surface area contributed by atoms with E-state index < -0.39 is 6.09 Å². The molecule has 0 saturated heterocycles. The molecule has 0 aliphatic heterocycles. The van der Waals surface area contributed by atoms with Crippen LogP contribution in [-0.2, 0) is 11.3 Å². The van der Waals surface area contributed by atoms with Crippen LogP contribution in [0.4, 0.5) is 4.79 Å². The van der Waals surface area contributed by atoms with Crippen LogP contribution in [0.2, 0.25) is 0 Å². The summed E-state index contributed by atoms with van der Waals surface area (Å²) in [4.78, 5) is 14.1. The molecule has 5 heteroatoms. The molecule has 5 nitrogen and oxygen atoms in total. The van der Waals surface area contributed by atoms with Gasteiger partial charge in [-0.1, -0.05) is 0 Å². The number of amides is 1. The molecule has 0 spiro atoms. The number of aromatic nitrogens is 1. The van der Waals surface area contributed by atoms with Gasteiger partial charge in [-0.25, -0.2) is 4.79 Å². The predicted octanol–water partition coefficient (Wildman–Crippen LogP) is 0.549. The second kappa shape index (κ2) is 4.07. The Kier molecular flexibility index (Phi) is 2.82. The number of nitrogens with two attached hydrogens (primary N) is 1. The standard InChI is InChI=1S/C8H7N3O2/c9-3-6-1-2-7(11-4-6)5-13-8(10)12/h1-2,4H,5H2,(H2,10,12). The Balaban J connectivity index is 2.60. The largest absolute Gasteiger partial charge is 0.443 e. The first-order chi connectivity index (χ1) is 6.22. The minimum Gasteiger partial charge on any atom is -0.443 e.